The predicted molar refractivity (Wildman–Crippen MR) is 91.5 cm³/mol. The predicted octanol–water partition coefficient (Wildman–Crippen LogP) is 1.88. The molecular weight excluding hydrogens is 382 g/mol. The second kappa shape index (κ2) is 8.00. The average Bonchev–Trinajstić information content (AvgIpc) is 2.56. The number of amides is 1. The molecule has 0 aliphatic rings. The first-order valence-electron chi connectivity index (χ1n) is 6.59. The quantitative estimate of drug-likeness (QED) is 0.577. The van der Waals surface area contributed by atoms with Crippen LogP contribution in [0.25, 0.3) is 0 Å². The van der Waals surface area contributed by atoms with E-state index in [2.05, 4.69) is 31.2 Å². The molecule has 0 aromatic heterocycles. The van der Waals surface area contributed by atoms with Crippen molar-refractivity contribution in [2.75, 3.05) is 6.54 Å². The maximum absolute atomic E-state index is 11.9. The SMILES string of the molecule is O=C(CNS(=O)(=O)c1ccccc1)N/N=C\c1ccc(Br)cc1. The van der Waals surface area contributed by atoms with E-state index in [0.717, 1.165) is 10.0 Å². The number of benzene rings is 2. The second-order valence-corrected chi connectivity index (χ2v) is 7.16. The molecule has 0 saturated carbocycles. The van der Waals surface area contributed by atoms with E-state index in [4.69, 9.17) is 0 Å². The molecule has 0 fully saturated rings. The summed E-state index contributed by atoms with van der Waals surface area (Å²) in [6.07, 6.45) is 1.47. The molecule has 1 amide bonds. The van der Waals surface area contributed by atoms with Crippen molar-refractivity contribution in [3.05, 3.63) is 64.6 Å². The zero-order chi connectivity index (χ0) is 16.7. The second-order valence-electron chi connectivity index (χ2n) is 4.48. The van der Waals surface area contributed by atoms with Crippen molar-refractivity contribution >= 4 is 38.1 Å². The fourth-order valence-electron chi connectivity index (χ4n) is 1.61. The number of nitrogens with one attached hydrogen (secondary N) is 2. The Hall–Kier alpha value is -2.03. The van der Waals surface area contributed by atoms with E-state index in [1.807, 2.05) is 24.3 Å². The highest BCUT2D eigenvalue weighted by Crippen LogP contribution is 2.09. The van der Waals surface area contributed by atoms with Crippen LogP contribution in [-0.2, 0) is 14.8 Å². The number of hydrazone groups is 1. The fourth-order valence-corrected chi connectivity index (χ4v) is 2.88. The monoisotopic (exact) mass is 395 g/mol. The lowest BCUT2D eigenvalue weighted by molar-refractivity contribution is -0.119. The van der Waals surface area contributed by atoms with Gasteiger partial charge in [-0.25, -0.2) is 18.6 Å². The van der Waals surface area contributed by atoms with Crippen LogP contribution in [0, 0.1) is 0 Å². The maximum Gasteiger partial charge on any atom is 0.255 e. The third-order valence-electron chi connectivity index (χ3n) is 2.75. The van der Waals surface area contributed by atoms with E-state index in [0.29, 0.717) is 0 Å². The molecule has 2 aromatic carbocycles. The van der Waals surface area contributed by atoms with Crippen molar-refractivity contribution in [3.63, 3.8) is 0 Å². The Balaban J connectivity index is 1.84. The fraction of sp³-hybridized carbons (Fsp3) is 0.0667. The summed E-state index contributed by atoms with van der Waals surface area (Å²) < 4.78 is 27.0. The van der Waals surface area contributed by atoms with E-state index >= 15 is 0 Å². The van der Waals surface area contributed by atoms with Crippen molar-refractivity contribution in [2.45, 2.75) is 4.90 Å². The summed E-state index contributed by atoms with van der Waals surface area (Å²) in [7, 11) is -3.71. The van der Waals surface area contributed by atoms with Gasteiger partial charge in [0.25, 0.3) is 5.91 Å². The number of sulfonamides is 1. The van der Waals surface area contributed by atoms with Gasteiger partial charge in [-0.1, -0.05) is 46.3 Å². The molecule has 2 N–H and O–H groups in total. The first kappa shape index (κ1) is 17.3. The van der Waals surface area contributed by atoms with Crippen LogP contribution >= 0.6 is 15.9 Å². The first-order chi connectivity index (χ1) is 11.0. The summed E-state index contributed by atoms with van der Waals surface area (Å²) in [4.78, 5) is 11.7. The molecular formula is C15H14BrN3O3S. The largest absolute Gasteiger partial charge is 0.272 e. The summed E-state index contributed by atoms with van der Waals surface area (Å²) in [5.74, 6) is -0.558. The van der Waals surface area contributed by atoms with Gasteiger partial charge in [-0.3, -0.25) is 4.79 Å². The number of halogens is 1. The summed E-state index contributed by atoms with van der Waals surface area (Å²) in [5.41, 5.74) is 3.07. The molecule has 2 aromatic rings. The van der Waals surface area contributed by atoms with Crippen LogP contribution in [-0.4, -0.2) is 27.1 Å². The van der Waals surface area contributed by atoms with E-state index in [9.17, 15) is 13.2 Å². The molecule has 0 heterocycles. The van der Waals surface area contributed by atoms with Crippen LogP contribution in [0.1, 0.15) is 5.56 Å². The third-order valence-corrected chi connectivity index (χ3v) is 4.69. The first-order valence-corrected chi connectivity index (χ1v) is 8.87. The Bertz CT molecular complexity index is 790. The average molecular weight is 396 g/mol. The molecule has 0 atom stereocenters. The topological polar surface area (TPSA) is 87.6 Å². The van der Waals surface area contributed by atoms with Gasteiger partial charge in [0.15, 0.2) is 0 Å². The molecule has 6 nitrogen and oxygen atoms in total. The standard InChI is InChI=1S/C15H14BrN3O3S/c16-13-8-6-12(7-9-13)10-17-19-15(20)11-18-23(21,22)14-4-2-1-3-5-14/h1-10,18H,11H2,(H,19,20)/b17-10-. The molecule has 0 bridgehead atoms. The molecule has 0 spiro atoms. The van der Waals surface area contributed by atoms with Gasteiger partial charge in [-0.05, 0) is 29.8 Å². The van der Waals surface area contributed by atoms with E-state index in [1.54, 1.807) is 18.2 Å². The summed E-state index contributed by atoms with van der Waals surface area (Å²) in [6, 6.07) is 15.2. The van der Waals surface area contributed by atoms with Gasteiger partial charge in [-0.15, -0.1) is 0 Å². The lowest BCUT2D eigenvalue weighted by atomic mass is 10.2. The van der Waals surface area contributed by atoms with Crippen molar-refractivity contribution in [2.24, 2.45) is 5.10 Å². The Morgan fingerprint density at radius 3 is 2.39 bits per heavy atom. The van der Waals surface area contributed by atoms with E-state index in [1.165, 1.54) is 18.3 Å². The van der Waals surface area contributed by atoms with Gasteiger partial charge in [0.2, 0.25) is 10.0 Å². The number of rotatable bonds is 6. The minimum Gasteiger partial charge on any atom is -0.272 e. The van der Waals surface area contributed by atoms with Crippen LogP contribution in [0.15, 0.2) is 69.1 Å². The zero-order valence-corrected chi connectivity index (χ0v) is 14.3. The number of carbonyl (C=O) groups excluding carboxylic acids is 1. The molecule has 0 radical (unpaired) electrons. The lowest BCUT2D eigenvalue weighted by Gasteiger charge is -2.05. The molecule has 0 aliphatic heterocycles. The van der Waals surface area contributed by atoms with Crippen molar-refractivity contribution < 1.29 is 13.2 Å². The normalized spacial score (nSPS) is 11.5. The van der Waals surface area contributed by atoms with Crippen LogP contribution in [0.4, 0.5) is 0 Å². The van der Waals surface area contributed by atoms with Gasteiger partial charge < -0.3 is 0 Å². The summed E-state index contributed by atoms with van der Waals surface area (Å²) >= 11 is 3.32. The molecule has 0 aliphatic carbocycles. The van der Waals surface area contributed by atoms with E-state index in [-0.39, 0.29) is 4.90 Å². The number of nitrogens with zero attached hydrogens (tertiary/aromatic N) is 1. The van der Waals surface area contributed by atoms with Gasteiger partial charge in [0, 0.05) is 4.47 Å². The number of hydrogen-bond donors (Lipinski definition) is 2. The van der Waals surface area contributed by atoms with Crippen LogP contribution in [0.2, 0.25) is 0 Å². The maximum atomic E-state index is 11.9. The van der Waals surface area contributed by atoms with Crippen LogP contribution in [0.5, 0.6) is 0 Å². The van der Waals surface area contributed by atoms with Crippen LogP contribution < -0.4 is 10.1 Å². The third kappa shape index (κ3) is 5.59. The summed E-state index contributed by atoms with van der Waals surface area (Å²) in [6.45, 7) is -0.394. The molecule has 8 heteroatoms. The van der Waals surface area contributed by atoms with Gasteiger partial charge in [0.05, 0.1) is 17.7 Å². The Morgan fingerprint density at radius 2 is 1.74 bits per heavy atom. The molecule has 0 saturated heterocycles. The number of hydrogen-bond acceptors (Lipinski definition) is 4. The smallest absolute Gasteiger partial charge is 0.255 e. The van der Waals surface area contributed by atoms with Gasteiger partial charge in [-0.2, -0.15) is 5.10 Å². The highest BCUT2D eigenvalue weighted by atomic mass is 79.9. The van der Waals surface area contributed by atoms with Crippen molar-refractivity contribution in [1.29, 1.82) is 0 Å². The van der Waals surface area contributed by atoms with Crippen molar-refractivity contribution in [1.82, 2.24) is 10.1 Å². The van der Waals surface area contributed by atoms with Crippen molar-refractivity contribution in [3.8, 4) is 0 Å². The minimum atomic E-state index is -3.71. The highest BCUT2D eigenvalue weighted by Gasteiger charge is 2.14. The lowest BCUT2D eigenvalue weighted by Crippen LogP contribution is -2.34. The summed E-state index contributed by atoms with van der Waals surface area (Å²) in [5, 5.41) is 3.77. The van der Waals surface area contributed by atoms with Crippen LogP contribution in [0.3, 0.4) is 0 Å². The Labute approximate surface area is 142 Å². The minimum absolute atomic E-state index is 0.103. The molecule has 0 unspecified atom stereocenters. The van der Waals surface area contributed by atoms with Gasteiger partial charge >= 0.3 is 0 Å². The highest BCUT2D eigenvalue weighted by molar-refractivity contribution is 9.10. The Morgan fingerprint density at radius 1 is 1.09 bits per heavy atom. The Kier molecular flexibility index (Phi) is 6.03. The van der Waals surface area contributed by atoms with E-state index < -0.39 is 22.5 Å². The number of carbonyl (C=O) groups is 1. The zero-order valence-electron chi connectivity index (χ0n) is 11.9. The van der Waals surface area contributed by atoms with Gasteiger partial charge in [0.1, 0.15) is 0 Å². The molecule has 120 valence electrons. The molecule has 23 heavy (non-hydrogen) atoms. The molecule has 2 rings (SSSR count).